The summed E-state index contributed by atoms with van der Waals surface area (Å²) in [7, 11) is -2.20. The van der Waals surface area contributed by atoms with Gasteiger partial charge >= 0.3 is 0 Å². The summed E-state index contributed by atoms with van der Waals surface area (Å²) < 4.78 is 6.06. The molecule has 0 saturated carbocycles. The first-order valence-electron chi connectivity index (χ1n) is 5.50. The highest BCUT2D eigenvalue weighted by atomic mass is 28.4. The van der Waals surface area contributed by atoms with Gasteiger partial charge in [-0.1, -0.05) is 12.8 Å². The molecule has 1 atom stereocenters. The Bertz CT molecular complexity index is 148. The number of hydrogen-bond donors (Lipinski definition) is 2. The van der Waals surface area contributed by atoms with Crippen LogP contribution >= 0.6 is 0 Å². The van der Waals surface area contributed by atoms with Crippen molar-refractivity contribution >= 4 is 17.4 Å². The molecule has 0 aliphatic rings. The number of unbranched alkanes of at least 4 members (excludes halogenated alkanes) is 1. The molecule has 4 N–H and O–H groups in total. The normalized spacial score (nSPS) is 14.8. The largest absolute Gasteiger partial charge is 0.458 e. The maximum absolute atomic E-state index is 6.06. The first-order valence-corrected chi connectivity index (χ1v) is 11.4. The molecule has 14 heavy (non-hydrogen) atoms. The van der Waals surface area contributed by atoms with Crippen molar-refractivity contribution < 1.29 is 4.12 Å². The Balaban J connectivity index is 3.40. The second kappa shape index (κ2) is 6.73. The van der Waals surface area contributed by atoms with Crippen molar-refractivity contribution in [2.75, 3.05) is 0 Å². The van der Waals surface area contributed by atoms with Crippen LogP contribution in [-0.2, 0) is 4.12 Å². The molecule has 5 heteroatoms. The van der Waals surface area contributed by atoms with Gasteiger partial charge in [-0.2, -0.15) is 0 Å². The van der Waals surface area contributed by atoms with E-state index in [0.717, 1.165) is 12.8 Å². The fraction of sp³-hybridized carbons (Fsp3) is 1.00. The molecule has 0 aromatic heterocycles. The molecule has 86 valence electrons. The van der Waals surface area contributed by atoms with Crippen molar-refractivity contribution in [3.05, 3.63) is 0 Å². The van der Waals surface area contributed by atoms with Gasteiger partial charge in [-0.15, -0.1) is 0 Å². The monoisotopic (exact) mass is 234 g/mol. The molecule has 0 aromatic rings. The lowest BCUT2D eigenvalue weighted by atomic mass is 10.2. The van der Waals surface area contributed by atoms with Crippen LogP contribution < -0.4 is 11.5 Å². The molecule has 0 rings (SSSR count). The first-order chi connectivity index (χ1) is 6.31. The third-order valence-electron chi connectivity index (χ3n) is 1.95. The average molecular weight is 234 g/mol. The lowest BCUT2D eigenvalue weighted by Gasteiger charge is -2.23. The van der Waals surface area contributed by atoms with E-state index in [2.05, 4.69) is 26.2 Å². The molecular formula is C9H26N2OSi2. The molecule has 0 fully saturated rings. The summed E-state index contributed by atoms with van der Waals surface area (Å²) in [6.07, 6.45) is 3.17. The quantitative estimate of drug-likeness (QED) is 0.400. The van der Waals surface area contributed by atoms with Crippen molar-refractivity contribution in [2.45, 2.75) is 57.7 Å². The number of hydrogen-bond acceptors (Lipinski definition) is 3. The van der Waals surface area contributed by atoms with E-state index in [1.165, 1.54) is 12.5 Å². The highest BCUT2D eigenvalue weighted by Gasteiger charge is 2.18. The van der Waals surface area contributed by atoms with Crippen LogP contribution in [0.5, 0.6) is 0 Å². The summed E-state index contributed by atoms with van der Waals surface area (Å²) in [5.74, 6) is 0. The zero-order valence-corrected chi connectivity index (χ0v) is 12.2. The van der Waals surface area contributed by atoms with E-state index >= 15 is 0 Å². The van der Waals surface area contributed by atoms with Crippen LogP contribution in [0.4, 0.5) is 0 Å². The van der Waals surface area contributed by atoms with Crippen LogP contribution in [0, 0.1) is 0 Å². The van der Waals surface area contributed by atoms with E-state index in [4.69, 9.17) is 15.6 Å². The predicted octanol–water partition coefficient (Wildman–Crippen LogP) is 1.61. The van der Waals surface area contributed by atoms with E-state index in [-0.39, 0.29) is 6.17 Å². The summed E-state index contributed by atoms with van der Waals surface area (Å²) in [4.78, 5) is 0. The van der Waals surface area contributed by atoms with Gasteiger partial charge in [0.2, 0.25) is 0 Å². The Morgan fingerprint density at radius 2 is 1.79 bits per heavy atom. The third kappa shape index (κ3) is 10.4. The lowest BCUT2D eigenvalue weighted by Crippen LogP contribution is -2.33. The van der Waals surface area contributed by atoms with E-state index in [1.54, 1.807) is 0 Å². The van der Waals surface area contributed by atoms with Gasteiger partial charge in [0.1, 0.15) is 0 Å². The standard InChI is InChI=1S/C9H26N2OSi2/c1-13(12-14(2,3)4)8-6-5-7-9(10)11/h9,13H,5-8,10-11H2,1-4H3. The second-order valence-corrected chi connectivity index (χ2v) is 12.4. The van der Waals surface area contributed by atoms with Gasteiger partial charge < -0.3 is 15.6 Å². The minimum Gasteiger partial charge on any atom is -0.458 e. The lowest BCUT2D eigenvalue weighted by molar-refractivity contribution is 0.553. The molecule has 3 nitrogen and oxygen atoms in total. The van der Waals surface area contributed by atoms with Crippen LogP contribution in [0.25, 0.3) is 0 Å². The van der Waals surface area contributed by atoms with E-state index < -0.39 is 17.4 Å². The van der Waals surface area contributed by atoms with Crippen LogP contribution in [0.3, 0.4) is 0 Å². The SMILES string of the molecule is C[SiH](CCCCC(N)N)O[Si](C)(C)C. The molecular weight excluding hydrogens is 208 g/mol. The summed E-state index contributed by atoms with van der Waals surface area (Å²) in [6, 6.07) is 1.26. The van der Waals surface area contributed by atoms with Crippen LogP contribution in [0.2, 0.25) is 32.2 Å². The molecule has 0 amide bonds. The molecule has 0 aliphatic carbocycles. The molecule has 0 spiro atoms. The Labute approximate surface area is 91.1 Å². The second-order valence-electron chi connectivity index (χ2n) is 4.99. The van der Waals surface area contributed by atoms with Crippen molar-refractivity contribution in [3.8, 4) is 0 Å². The minimum atomic E-state index is -1.29. The van der Waals surface area contributed by atoms with Crippen molar-refractivity contribution in [2.24, 2.45) is 11.5 Å². The van der Waals surface area contributed by atoms with Crippen LogP contribution in [0.1, 0.15) is 19.3 Å². The third-order valence-corrected chi connectivity index (χ3v) is 7.61. The van der Waals surface area contributed by atoms with Crippen LogP contribution in [0.15, 0.2) is 0 Å². The predicted molar refractivity (Wildman–Crippen MR) is 68.3 cm³/mol. The van der Waals surface area contributed by atoms with Gasteiger partial charge in [0, 0.05) is 0 Å². The highest BCUT2D eigenvalue weighted by Crippen LogP contribution is 2.11. The molecule has 0 aliphatic heterocycles. The first kappa shape index (κ1) is 14.3. The molecule has 0 bridgehead atoms. The topological polar surface area (TPSA) is 61.3 Å². The Morgan fingerprint density at radius 1 is 1.21 bits per heavy atom. The fourth-order valence-electron chi connectivity index (χ4n) is 1.47. The van der Waals surface area contributed by atoms with E-state index in [1.807, 2.05) is 0 Å². The molecule has 0 radical (unpaired) electrons. The molecule has 0 heterocycles. The van der Waals surface area contributed by atoms with Gasteiger partial charge in [0.25, 0.3) is 0 Å². The molecule has 1 unspecified atom stereocenters. The van der Waals surface area contributed by atoms with Gasteiger partial charge in [-0.3, -0.25) is 0 Å². The highest BCUT2D eigenvalue weighted by molar-refractivity contribution is 6.77. The Morgan fingerprint density at radius 3 is 2.21 bits per heavy atom. The van der Waals surface area contributed by atoms with Crippen molar-refractivity contribution in [3.63, 3.8) is 0 Å². The van der Waals surface area contributed by atoms with E-state index in [9.17, 15) is 0 Å². The molecule has 0 aromatic carbocycles. The van der Waals surface area contributed by atoms with Gasteiger partial charge in [-0.05, 0) is 38.7 Å². The average Bonchev–Trinajstić information content (AvgIpc) is 1.94. The Kier molecular flexibility index (Phi) is 6.89. The zero-order valence-electron chi connectivity index (χ0n) is 10.0. The van der Waals surface area contributed by atoms with E-state index in [0.29, 0.717) is 0 Å². The number of rotatable bonds is 7. The number of nitrogens with two attached hydrogens (primary N) is 2. The summed E-state index contributed by atoms with van der Waals surface area (Å²) >= 11 is 0. The maximum atomic E-state index is 6.06. The molecule has 0 saturated heterocycles. The summed E-state index contributed by atoms with van der Waals surface area (Å²) in [5, 5.41) is 0. The van der Waals surface area contributed by atoms with Crippen LogP contribution in [-0.4, -0.2) is 23.5 Å². The zero-order chi connectivity index (χ0) is 11.2. The minimum absolute atomic E-state index is 0.134. The van der Waals surface area contributed by atoms with Crippen molar-refractivity contribution in [1.82, 2.24) is 0 Å². The van der Waals surface area contributed by atoms with Gasteiger partial charge in [0.15, 0.2) is 17.4 Å². The maximum Gasteiger partial charge on any atom is 0.170 e. The van der Waals surface area contributed by atoms with Crippen molar-refractivity contribution in [1.29, 1.82) is 0 Å². The van der Waals surface area contributed by atoms with Gasteiger partial charge in [-0.25, -0.2) is 0 Å². The summed E-state index contributed by atoms with van der Waals surface area (Å²) in [5.41, 5.74) is 11.0. The van der Waals surface area contributed by atoms with Gasteiger partial charge in [0.05, 0.1) is 6.17 Å². The smallest absolute Gasteiger partial charge is 0.170 e. The fourth-order valence-corrected chi connectivity index (χ4v) is 7.64. The Hall–Kier alpha value is 0.314. The summed E-state index contributed by atoms with van der Waals surface area (Å²) in [6.45, 7) is 9.06.